The third-order valence-electron chi connectivity index (χ3n) is 3.42. The highest BCUT2D eigenvalue weighted by atomic mass is 32.2. The molecule has 1 saturated carbocycles. The van der Waals surface area contributed by atoms with Gasteiger partial charge in [-0.2, -0.15) is 0 Å². The van der Waals surface area contributed by atoms with Crippen molar-refractivity contribution >= 4 is 23.4 Å². The molecule has 1 aromatic rings. The monoisotopic (exact) mass is 267 g/mol. The number of hydrogen-bond acceptors (Lipinski definition) is 6. The summed E-state index contributed by atoms with van der Waals surface area (Å²) in [7, 11) is 0. The van der Waals surface area contributed by atoms with E-state index in [1.165, 1.54) is 37.4 Å². The summed E-state index contributed by atoms with van der Waals surface area (Å²) in [5, 5.41) is 0.761. The third kappa shape index (κ3) is 2.87. The first-order valence-corrected chi connectivity index (χ1v) is 7.67. The minimum absolute atomic E-state index is 0.616. The third-order valence-corrected chi connectivity index (χ3v) is 3.97. The van der Waals surface area contributed by atoms with E-state index in [9.17, 15) is 0 Å². The fourth-order valence-electron chi connectivity index (χ4n) is 2.55. The molecule has 18 heavy (non-hydrogen) atoms. The second kappa shape index (κ2) is 6.24. The van der Waals surface area contributed by atoms with Crippen molar-refractivity contribution in [2.24, 2.45) is 5.84 Å². The van der Waals surface area contributed by atoms with Crippen LogP contribution in [0, 0.1) is 0 Å². The van der Waals surface area contributed by atoms with Gasteiger partial charge in [-0.25, -0.2) is 15.8 Å². The lowest BCUT2D eigenvalue weighted by Gasteiger charge is -2.29. The Morgan fingerprint density at radius 1 is 1.44 bits per heavy atom. The van der Waals surface area contributed by atoms with Gasteiger partial charge in [-0.1, -0.05) is 24.6 Å². The fraction of sp³-hybridized carbons (Fsp3) is 0.667. The summed E-state index contributed by atoms with van der Waals surface area (Å²) >= 11 is 1.54. The van der Waals surface area contributed by atoms with E-state index in [4.69, 9.17) is 5.84 Å². The van der Waals surface area contributed by atoms with Crippen molar-refractivity contribution < 1.29 is 0 Å². The van der Waals surface area contributed by atoms with Crippen LogP contribution >= 0.6 is 11.8 Å². The van der Waals surface area contributed by atoms with Crippen molar-refractivity contribution in [1.82, 2.24) is 9.97 Å². The summed E-state index contributed by atoms with van der Waals surface area (Å²) in [4.78, 5) is 11.3. The molecule has 0 aliphatic heterocycles. The average molecular weight is 267 g/mol. The quantitative estimate of drug-likeness (QED) is 0.369. The molecular weight excluding hydrogens is 246 g/mol. The van der Waals surface area contributed by atoms with Gasteiger partial charge in [-0.05, 0) is 26.0 Å². The lowest BCUT2D eigenvalue weighted by Crippen LogP contribution is -2.34. The molecule has 0 amide bonds. The summed E-state index contributed by atoms with van der Waals surface area (Å²) in [5.41, 5.74) is 2.62. The predicted octanol–water partition coefficient (Wildman–Crippen LogP) is 2.25. The van der Waals surface area contributed by atoms with E-state index in [1.807, 2.05) is 12.3 Å². The highest BCUT2D eigenvalue weighted by molar-refractivity contribution is 7.98. The molecule has 0 unspecified atom stereocenters. The smallest absolute Gasteiger partial charge is 0.191 e. The summed E-state index contributed by atoms with van der Waals surface area (Å²) in [6, 6.07) is 2.55. The summed E-state index contributed by atoms with van der Waals surface area (Å²) in [5.74, 6) is 7.13. The number of anilines is 2. The molecule has 1 aliphatic carbocycles. The number of hydrazine groups is 1. The second-order valence-corrected chi connectivity index (χ2v) is 5.24. The maximum absolute atomic E-state index is 5.47. The lowest BCUT2D eigenvalue weighted by atomic mass is 10.2. The van der Waals surface area contributed by atoms with Crippen LogP contribution in [0.5, 0.6) is 0 Å². The van der Waals surface area contributed by atoms with Crippen molar-refractivity contribution in [2.45, 2.75) is 43.8 Å². The van der Waals surface area contributed by atoms with Crippen LogP contribution in [-0.4, -0.2) is 28.8 Å². The van der Waals surface area contributed by atoms with Gasteiger partial charge in [0.15, 0.2) is 5.16 Å². The normalized spacial score (nSPS) is 15.9. The van der Waals surface area contributed by atoms with Gasteiger partial charge in [0, 0.05) is 18.7 Å². The number of nitrogens with zero attached hydrogens (tertiary/aromatic N) is 3. The Morgan fingerprint density at radius 2 is 2.17 bits per heavy atom. The molecule has 100 valence electrons. The molecule has 1 heterocycles. The van der Waals surface area contributed by atoms with Gasteiger partial charge in [0.05, 0.1) is 0 Å². The van der Waals surface area contributed by atoms with Crippen LogP contribution in [0.1, 0.15) is 32.6 Å². The van der Waals surface area contributed by atoms with Crippen LogP contribution in [0.25, 0.3) is 0 Å². The Kier molecular flexibility index (Phi) is 4.66. The van der Waals surface area contributed by atoms with Crippen molar-refractivity contribution in [2.75, 3.05) is 23.1 Å². The SMILES string of the molecule is CCN(c1cc(NN)nc(SC)n1)C1CCCC1. The van der Waals surface area contributed by atoms with E-state index >= 15 is 0 Å². The number of hydrogen-bond donors (Lipinski definition) is 2. The summed E-state index contributed by atoms with van der Waals surface area (Å²) < 4.78 is 0. The van der Waals surface area contributed by atoms with Crippen LogP contribution in [0.15, 0.2) is 11.2 Å². The van der Waals surface area contributed by atoms with Gasteiger partial charge in [0.25, 0.3) is 0 Å². The van der Waals surface area contributed by atoms with E-state index in [-0.39, 0.29) is 0 Å². The van der Waals surface area contributed by atoms with E-state index in [2.05, 4.69) is 27.2 Å². The standard InChI is InChI=1S/C12H21N5S/c1-3-17(9-6-4-5-7-9)11-8-10(16-13)14-12(15-11)18-2/h8-9H,3-7,13H2,1-2H3,(H,14,15,16). The number of aromatic nitrogens is 2. The Balaban J connectivity index is 2.28. The Morgan fingerprint density at radius 3 is 2.72 bits per heavy atom. The first kappa shape index (κ1) is 13.4. The van der Waals surface area contributed by atoms with E-state index < -0.39 is 0 Å². The molecule has 0 aromatic carbocycles. The molecule has 1 aliphatic rings. The number of nitrogen functional groups attached to an aromatic ring is 1. The first-order valence-electron chi connectivity index (χ1n) is 6.44. The highest BCUT2D eigenvalue weighted by Gasteiger charge is 2.23. The summed E-state index contributed by atoms with van der Waals surface area (Å²) in [6.45, 7) is 3.15. The molecule has 3 N–H and O–H groups in total. The maximum atomic E-state index is 5.47. The molecule has 5 nitrogen and oxygen atoms in total. The molecule has 0 saturated heterocycles. The Hall–Kier alpha value is -1.01. The van der Waals surface area contributed by atoms with Crippen LogP contribution in [0.4, 0.5) is 11.6 Å². The van der Waals surface area contributed by atoms with Crippen molar-refractivity contribution in [3.63, 3.8) is 0 Å². The van der Waals surface area contributed by atoms with Gasteiger partial charge in [0.2, 0.25) is 0 Å². The minimum atomic E-state index is 0.616. The van der Waals surface area contributed by atoms with E-state index in [0.717, 1.165) is 17.5 Å². The van der Waals surface area contributed by atoms with Crippen LogP contribution < -0.4 is 16.2 Å². The van der Waals surface area contributed by atoms with Gasteiger partial charge >= 0.3 is 0 Å². The van der Waals surface area contributed by atoms with E-state index in [0.29, 0.717) is 11.9 Å². The van der Waals surface area contributed by atoms with Gasteiger partial charge in [0.1, 0.15) is 11.6 Å². The molecule has 2 rings (SSSR count). The molecule has 1 fully saturated rings. The topological polar surface area (TPSA) is 67.1 Å². The van der Waals surface area contributed by atoms with Gasteiger partial charge in [-0.3, -0.25) is 0 Å². The molecule has 0 bridgehead atoms. The summed E-state index contributed by atoms with van der Waals surface area (Å²) in [6.07, 6.45) is 7.15. The number of nitrogens with two attached hydrogens (primary N) is 1. The minimum Gasteiger partial charge on any atom is -0.354 e. The molecule has 6 heteroatoms. The number of thioether (sulfide) groups is 1. The van der Waals surface area contributed by atoms with Crippen molar-refractivity contribution in [3.05, 3.63) is 6.07 Å². The van der Waals surface area contributed by atoms with Crippen molar-refractivity contribution in [3.8, 4) is 0 Å². The molecule has 0 atom stereocenters. The zero-order valence-corrected chi connectivity index (χ0v) is 11.8. The zero-order chi connectivity index (χ0) is 13.0. The van der Waals surface area contributed by atoms with Crippen LogP contribution in [-0.2, 0) is 0 Å². The molecular formula is C12H21N5S. The molecule has 0 spiro atoms. The molecule has 0 radical (unpaired) electrons. The highest BCUT2D eigenvalue weighted by Crippen LogP contribution is 2.28. The van der Waals surface area contributed by atoms with Gasteiger partial charge < -0.3 is 10.3 Å². The number of rotatable bonds is 5. The Labute approximate surface area is 113 Å². The fourth-order valence-corrected chi connectivity index (χ4v) is 2.92. The van der Waals surface area contributed by atoms with Crippen molar-refractivity contribution in [1.29, 1.82) is 0 Å². The Bertz CT molecular complexity index is 370. The largest absolute Gasteiger partial charge is 0.354 e. The number of nitrogens with one attached hydrogen (secondary N) is 1. The van der Waals surface area contributed by atoms with E-state index in [1.54, 1.807) is 0 Å². The zero-order valence-electron chi connectivity index (χ0n) is 11.0. The second-order valence-electron chi connectivity index (χ2n) is 4.47. The first-order chi connectivity index (χ1) is 8.78. The van der Waals surface area contributed by atoms with Gasteiger partial charge in [-0.15, -0.1) is 0 Å². The maximum Gasteiger partial charge on any atom is 0.191 e. The predicted molar refractivity (Wildman–Crippen MR) is 76.9 cm³/mol. The average Bonchev–Trinajstić information content (AvgIpc) is 2.93. The van der Waals surface area contributed by atoms with Crippen LogP contribution in [0.2, 0.25) is 0 Å². The molecule has 1 aromatic heterocycles. The van der Waals surface area contributed by atoms with Crippen LogP contribution in [0.3, 0.4) is 0 Å². The lowest BCUT2D eigenvalue weighted by molar-refractivity contribution is 0.609.